The van der Waals surface area contributed by atoms with Gasteiger partial charge in [-0.1, -0.05) is 6.07 Å². The SMILES string of the molecule is COc1cc(-c2cncc(C#N)n2)ccc1C(=O)NC(C)(C)c1csc(NS(=O)(=O)C2CC2)n1. The van der Waals surface area contributed by atoms with Gasteiger partial charge in [-0.25, -0.2) is 18.4 Å². The number of aromatic nitrogens is 3. The number of nitriles is 1. The molecule has 0 unspecified atom stereocenters. The topological polar surface area (TPSA) is 147 Å². The molecule has 0 spiro atoms. The number of nitrogens with one attached hydrogen (secondary N) is 2. The number of carbonyl (C=O) groups excluding carboxylic acids is 1. The number of anilines is 1. The van der Waals surface area contributed by atoms with E-state index >= 15 is 0 Å². The van der Waals surface area contributed by atoms with Gasteiger partial charge in [0.05, 0.1) is 47.2 Å². The Bertz CT molecular complexity index is 1390. The number of rotatable bonds is 8. The van der Waals surface area contributed by atoms with Crippen molar-refractivity contribution in [2.24, 2.45) is 0 Å². The van der Waals surface area contributed by atoms with Crippen molar-refractivity contribution in [1.82, 2.24) is 20.3 Å². The van der Waals surface area contributed by atoms with Gasteiger partial charge in [0.1, 0.15) is 11.8 Å². The van der Waals surface area contributed by atoms with E-state index in [-0.39, 0.29) is 16.1 Å². The summed E-state index contributed by atoms with van der Waals surface area (Å²) in [4.78, 5) is 25.7. The number of hydrogen-bond acceptors (Lipinski definition) is 9. The molecular formula is C22H22N6O4S2. The van der Waals surface area contributed by atoms with Gasteiger partial charge in [0.25, 0.3) is 5.91 Å². The molecule has 0 atom stereocenters. The predicted octanol–water partition coefficient (Wildman–Crippen LogP) is 3.05. The largest absolute Gasteiger partial charge is 0.496 e. The monoisotopic (exact) mass is 498 g/mol. The van der Waals surface area contributed by atoms with E-state index < -0.39 is 21.5 Å². The number of ether oxygens (including phenoxy) is 1. The number of benzene rings is 1. The van der Waals surface area contributed by atoms with Gasteiger partial charge < -0.3 is 10.1 Å². The zero-order chi connectivity index (χ0) is 24.5. The van der Waals surface area contributed by atoms with E-state index in [0.29, 0.717) is 41.1 Å². The molecule has 1 aliphatic carbocycles. The Hall–Kier alpha value is -3.56. The lowest BCUT2D eigenvalue weighted by molar-refractivity contribution is 0.0907. The fourth-order valence-electron chi connectivity index (χ4n) is 3.20. The van der Waals surface area contributed by atoms with Crippen LogP contribution in [0.3, 0.4) is 0 Å². The summed E-state index contributed by atoms with van der Waals surface area (Å²) in [5.74, 6) is -0.0653. The number of sulfonamides is 1. The maximum absolute atomic E-state index is 13.1. The molecule has 2 heterocycles. The van der Waals surface area contributed by atoms with Gasteiger partial charge in [-0.05, 0) is 38.8 Å². The van der Waals surface area contributed by atoms with E-state index in [1.54, 1.807) is 37.4 Å². The van der Waals surface area contributed by atoms with E-state index in [1.807, 2.05) is 6.07 Å². The van der Waals surface area contributed by atoms with Crippen LogP contribution >= 0.6 is 11.3 Å². The van der Waals surface area contributed by atoms with Crippen LogP contribution in [0.1, 0.15) is 48.4 Å². The van der Waals surface area contributed by atoms with Gasteiger partial charge in [0.2, 0.25) is 10.0 Å². The summed E-state index contributed by atoms with van der Waals surface area (Å²) in [6.45, 7) is 3.56. The minimum Gasteiger partial charge on any atom is -0.496 e. The fraction of sp³-hybridized carbons (Fsp3) is 0.318. The van der Waals surface area contributed by atoms with Gasteiger partial charge in [0, 0.05) is 10.9 Å². The number of carbonyl (C=O) groups is 1. The zero-order valence-corrected chi connectivity index (χ0v) is 20.3. The van der Waals surface area contributed by atoms with Crippen LogP contribution in [0, 0.1) is 11.3 Å². The number of amides is 1. The first kappa shape index (κ1) is 23.6. The molecule has 10 nitrogen and oxygen atoms in total. The minimum absolute atomic E-state index is 0.182. The highest BCUT2D eigenvalue weighted by Crippen LogP contribution is 2.32. The van der Waals surface area contributed by atoms with Crippen LogP contribution < -0.4 is 14.8 Å². The number of hydrogen-bond donors (Lipinski definition) is 2. The lowest BCUT2D eigenvalue weighted by atomic mass is 10.00. The Labute approximate surface area is 201 Å². The van der Waals surface area contributed by atoms with Gasteiger partial charge in [-0.3, -0.25) is 14.5 Å². The van der Waals surface area contributed by atoms with E-state index in [2.05, 4.69) is 25.0 Å². The van der Waals surface area contributed by atoms with Crippen LogP contribution in [0.15, 0.2) is 36.0 Å². The lowest BCUT2D eigenvalue weighted by Crippen LogP contribution is -2.41. The first-order chi connectivity index (χ1) is 16.1. The summed E-state index contributed by atoms with van der Waals surface area (Å²) in [7, 11) is -1.96. The quantitative estimate of drug-likeness (QED) is 0.482. The molecule has 1 aromatic carbocycles. The van der Waals surface area contributed by atoms with Gasteiger partial charge in [0.15, 0.2) is 10.8 Å². The summed E-state index contributed by atoms with van der Waals surface area (Å²) in [6.07, 6.45) is 4.21. The zero-order valence-electron chi connectivity index (χ0n) is 18.7. The van der Waals surface area contributed by atoms with E-state index in [1.165, 1.54) is 30.8 Å². The molecule has 3 aromatic rings. The molecule has 176 valence electrons. The Balaban J connectivity index is 1.53. The molecule has 2 N–H and O–H groups in total. The molecule has 1 saturated carbocycles. The van der Waals surface area contributed by atoms with Gasteiger partial charge in [-0.15, -0.1) is 11.3 Å². The van der Waals surface area contributed by atoms with E-state index in [9.17, 15) is 13.2 Å². The second-order valence-corrected chi connectivity index (χ2v) is 11.1. The van der Waals surface area contributed by atoms with Gasteiger partial charge in [-0.2, -0.15) is 5.26 Å². The third kappa shape index (κ3) is 5.00. The lowest BCUT2D eigenvalue weighted by Gasteiger charge is -2.25. The molecule has 12 heteroatoms. The Morgan fingerprint density at radius 2 is 2.03 bits per heavy atom. The van der Waals surface area contributed by atoms with E-state index in [4.69, 9.17) is 10.00 Å². The molecule has 0 bridgehead atoms. The molecule has 2 aromatic heterocycles. The molecule has 34 heavy (non-hydrogen) atoms. The van der Waals surface area contributed by atoms with Crippen molar-refractivity contribution in [1.29, 1.82) is 5.26 Å². The molecule has 1 aliphatic rings. The van der Waals surface area contributed by atoms with Crippen LogP contribution in [0.25, 0.3) is 11.3 Å². The summed E-state index contributed by atoms with van der Waals surface area (Å²) >= 11 is 1.17. The number of thiazole rings is 1. The van der Waals surface area contributed by atoms with Crippen LogP contribution in [-0.2, 0) is 15.6 Å². The molecular weight excluding hydrogens is 476 g/mol. The smallest absolute Gasteiger partial charge is 0.255 e. The second kappa shape index (κ2) is 9.00. The van der Waals surface area contributed by atoms with Crippen molar-refractivity contribution in [2.45, 2.75) is 37.5 Å². The Morgan fingerprint density at radius 3 is 2.71 bits per heavy atom. The standard InChI is InChI=1S/C22H22N6O4S2/c1-22(2,19-12-33-21(26-19)28-34(30,31)15-5-6-15)27-20(29)16-7-4-13(8-18(16)32-3)17-11-24-10-14(9-23)25-17/h4,7-8,10-12,15H,5-6H2,1-3H3,(H,26,28)(H,27,29). The summed E-state index contributed by atoms with van der Waals surface area (Å²) < 4.78 is 32.3. The summed E-state index contributed by atoms with van der Waals surface area (Å²) in [5, 5.41) is 13.6. The average molecular weight is 499 g/mol. The van der Waals surface area contributed by atoms with E-state index in [0.717, 1.165) is 0 Å². The third-order valence-electron chi connectivity index (χ3n) is 5.25. The Morgan fingerprint density at radius 1 is 1.26 bits per heavy atom. The molecule has 0 radical (unpaired) electrons. The summed E-state index contributed by atoms with van der Waals surface area (Å²) in [5.41, 5.74) is 1.25. The van der Waals surface area contributed by atoms with Crippen molar-refractivity contribution < 1.29 is 17.9 Å². The Kier molecular flexibility index (Phi) is 6.24. The van der Waals surface area contributed by atoms with Crippen LogP contribution in [0.5, 0.6) is 5.75 Å². The van der Waals surface area contributed by atoms with Gasteiger partial charge >= 0.3 is 0 Å². The third-order valence-corrected chi connectivity index (χ3v) is 7.97. The van der Waals surface area contributed by atoms with Crippen LogP contribution in [-0.4, -0.2) is 41.6 Å². The average Bonchev–Trinajstić information content (AvgIpc) is 3.58. The summed E-state index contributed by atoms with van der Waals surface area (Å²) in [6, 6.07) is 6.91. The molecule has 0 aliphatic heterocycles. The predicted molar refractivity (Wildman–Crippen MR) is 127 cm³/mol. The molecule has 4 rings (SSSR count). The van der Waals surface area contributed by atoms with Crippen LogP contribution in [0.2, 0.25) is 0 Å². The number of methoxy groups -OCH3 is 1. The van der Waals surface area contributed by atoms with Crippen molar-refractivity contribution in [2.75, 3.05) is 11.8 Å². The minimum atomic E-state index is -3.41. The molecule has 1 fully saturated rings. The second-order valence-electron chi connectivity index (χ2n) is 8.28. The highest BCUT2D eigenvalue weighted by atomic mass is 32.2. The maximum Gasteiger partial charge on any atom is 0.255 e. The molecule has 0 saturated heterocycles. The number of nitrogens with zero attached hydrogens (tertiary/aromatic N) is 4. The van der Waals surface area contributed by atoms with Crippen molar-refractivity contribution in [3.8, 4) is 23.1 Å². The van der Waals surface area contributed by atoms with Crippen molar-refractivity contribution in [3.63, 3.8) is 0 Å². The van der Waals surface area contributed by atoms with Crippen molar-refractivity contribution in [3.05, 3.63) is 52.9 Å². The first-order valence-electron chi connectivity index (χ1n) is 10.3. The normalized spacial score (nSPS) is 13.7. The maximum atomic E-state index is 13.1. The fourth-order valence-corrected chi connectivity index (χ4v) is 5.68. The van der Waals surface area contributed by atoms with Crippen LogP contribution in [0.4, 0.5) is 5.13 Å². The first-order valence-corrected chi connectivity index (χ1v) is 12.8. The van der Waals surface area contributed by atoms with Crippen molar-refractivity contribution >= 4 is 32.4 Å². The highest BCUT2D eigenvalue weighted by molar-refractivity contribution is 7.93. The molecule has 1 amide bonds. The highest BCUT2D eigenvalue weighted by Gasteiger charge is 2.36.